The first-order valence-electron chi connectivity index (χ1n) is 6.62. The van der Waals surface area contributed by atoms with Gasteiger partial charge in [-0.2, -0.15) is 0 Å². The zero-order valence-electron chi connectivity index (χ0n) is 12.1. The summed E-state index contributed by atoms with van der Waals surface area (Å²) in [5.74, 6) is -0.936. The van der Waals surface area contributed by atoms with Crippen LogP contribution in [0.1, 0.15) is 24.9 Å². The molecule has 1 saturated heterocycles. The van der Waals surface area contributed by atoms with Crippen LogP contribution in [0.15, 0.2) is 30.4 Å². The highest BCUT2D eigenvalue weighted by Gasteiger charge is 2.27. The van der Waals surface area contributed by atoms with Crippen molar-refractivity contribution in [2.45, 2.75) is 19.4 Å². The molecule has 0 aliphatic carbocycles. The second-order valence-corrected chi connectivity index (χ2v) is 5.10. The van der Waals surface area contributed by atoms with Crippen LogP contribution in [0.25, 0.3) is 0 Å². The Morgan fingerprint density at radius 1 is 1.24 bits per heavy atom. The maximum Gasteiger partial charge on any atom is 0.130 e. The summed E-state index contributed by atoms with van der Waals surface area (Å²) >= 11 is 0. The Bertz CT molecular complexity index is 443. The minimum Gasteiger partial charge on any atom is -0.314 e. The van der Waals surface area contributed by atoms with Crippen molar-refractivity contribution in [2.24, 2.45) is 0 Å². The molecule has 6 heteroatoms. The molecule has 1 aromatic rings. The van der Waals surface area contributed by atoms with Gasteiger partial charge in [-0.25, -0.2) is 8.78 Å². The smallest absolute Gasteiger partial charge is 0.130 e. The van der Waals surface area contributed by atoms with Crippen molar-refractivity contribution in [3.8, 4) is 0 Å². The summed E-state index contributed by atoms with van der Waals surface area (Å²) in [4.78, 5) is 2.13. The van der Waals surface area contributed by atoms with Crippen molar-refractivity contribution in [1.29, 1.82) is 0 Å². The Hall–Kier alpha value is -0.680. The normalized spacial score (nSPS) is 16.5. The van der Waals surface area contributed by atoms with E-state index in [9.17, 15) is 8.78 Å². The standard InChI is InChI=1S/C15H20F2N2.2ClH/c1-11(2)10-14(19-8-6-18-7-9-19)15-12(16)4-3-5-13(15)17;;/h3-5,14,18H,1,6-10H2,2H3;2*1H/t14-;;/m1../s1. The van der Waals surface area contributed by atoms with Gasteiger partial charge in [-0.3, -0.25) is 4.90 Å². The van der Waals surface area contributed by atoms with Crippen LogP contribution in [0, 0.1) is 11.6 Å². The fourth-order valence-electron chi connectivity index (χ4n) is 2.57. The third-order valence-corrected chi connectivity index (χ3v) is 3.47. The van der Waals surface area contributed by atoms with Crippen LogP contribution in [-0.4, -0.2) is 31.1 Å². The SMILES string of the molecule is C=C(C)C[C@H](c1c(F)cccc1F)N1CCNCC1.Cl.Cl. The van der Waals surface area contributed by atoms with Crippen molar-refractivity contribution in [3.63, 3.8) is 0 Å². The number of halogens is 4. The molecule has 1 N–H and O–H groups in total. The average Bonchev–Trinajstić information content (AvgIpc) is 2.38. The van der Waals surface area contributed by atoms with Crippen molar-refractivity contribution in [2.75, 3.05) is 26.2 Å². The van der Waals surface area contributed by atoms with Crippen LogP contribution in [0.5, 0.6) is 0 Å². The van der Waals surface area contributed by atoms with Gasteiger partial charge in [0.05, 0.1) is 0 Å². The Morgan fingerprint density at radius 3 is 2.24 bits per heavy atom. The molecule has 1 aromatic carbocycles. The van der Waals surface area contributed by atoms with Crippen LogP contribution in [-0.2, 0) is 0 Å². The minimum atomic E-state index is -0.468. The molecule has 0 radical (unpaired) electrons. The van der Waals surface area contributed by atoms with Gasteiger partial charge in [-0.15, -0.1) is 31.4 Å². The van der Waals surface area contributed by atoms with E-state index in [1.165, 1.54) is 18.2 Å². The zero-order valence-corrected chi connectivity index (χ0v) is 13.7. The van der Waals surface area contributed by atoms with E-state index in [4.69, 9.17) is 0 Å². The Kier molecular flexibility index (Phi) is 9.06. The lowest BCUT2D eigenvalue weighted by molar-refractivity contribution is 0.166. The van der Waals surface area contributed by atoms with E-state index in [0.717, 1.165) is 31.8 Å². The highest BCUT2D eigenvalue weighted by atomic mass is 35.5. The monoisotopic (exact) mass is 338 g/mol. The summed E-state index contributed by atoms with van der Waals surface area (Å²) in [5, 5.41) is 3.25. The topological polar surface area (TPSA) is 15.3 Å². The molecule has 1 fully saturated rings. The molecule has 1 heterocycles. The van der Waals surface area contributed by atoms with Gasteiger partial charge in [0, 0.05) is 37.8 Å². The number of hydrogen-bond acceptors (Lipinski definition) is 2. The third kappa shape index (κ3) is 5.22. The van der Waals surface area contributed by atoms with E-state index >= 15 is 0 Å². The quantitative estimate of drug-likeness (QED) is 0.841. The first kappa shape index (κ1) is 20.3. The predicted molar refractivity (Wildman–Crippen MR) is 87.5 cm³/mol. The van der Waals surface area contributed by atoms with E-state index in [2.05, 4.69) is 16.8 Å². The van der Waals surface area contributed by atoms with Gasteiger partial charge in [0.2, 0.25) is 0 Å². The van der Waals surface area contributed by atoms with E-state index in [1.807, 2.05) is 6.92 Å². The van der Waals surface area contributed by atoms with Gasteiger partial charge in [-0.1, -0.05) is 11.6 Å². The zero-order chi connectivity index (χ0) is 13.8. The van der Waals surface area contributed by atoms with Crippen molar-refractivity contribution < 1.29 is 8.78 Å². The molecule has 1 atom stereocenters. The maximum atomic E-state index is 14.0. The molecule has 1 aliphatic rings. The fourth-order valence-corrected chi connectivity index (χ4v) is 2.57. The predicted octanol–water partition coefficient (Wildman–Crippen LogP) is 3.72. The second kappa shape index (κ2) is 9.36. The summed E-state index contributed by atoms with van der Waals surface area (Å²) in [5.41, 5.74) is 1.11. The second-order valence-electron chi connectivity index (χ2n) is 5.10. The molecule has 2 rings (SSSR count). The number of benzene rings is 1. The molecular formula is C15H22Cl2F2N2. The molecule has 0 amide bonds. The summed E-state index contributed by atoms with van der Waals surface area (Å²) in [6.07, 6.45) is 0.581. The molecule has 120 valence electrons. The summed E-state index contributed by atoms with van der Waals surface area (Å²) < 4.78 is 28.0. The van der Waals surface area contributed by atoms with Crippen LogP contribution < -0.4 is 5.32 Å². The van der Waals surface area contributed by atoms with Crippen molar-refractivity contribution in [1.82, 2.24) is 10.2 Å². The highest BCUT2D eigenvalue weighted by molar-refractivity contribution is 5.85. The number of nitrogens with zero attached hydrogens (tertiary/aromatic N) is 1. The van der Waals surface area contributed by atoms with Crippen LogP contribution in [0.3, 0.4) is 0 Å². The number of rotatable bonds is 4. The maximum absolute atomic E-state index is 14.0. The Morgan fingerprint density at radius 2 is 1.76 bits per heavy atom. The third-order valence-electron chi connectivity index (χ3n) is 3.47. The van der Waals surface area contributed by atoms with Crippen LogP contribution in [0.4, 0.5) is 8.78 Å². The Labute approximate surface area is 137 Å². The first-order chi connectivity index (χ1) is 9.09. The van der Waals surface area contributed by atoms with Gasteiger partial charge in [0.1, 0.15) is 11.6 Å². The summed E-state index contributed by atoms with van der Waals surface area (Å²) in [7, 11) is 0. The lowest BCUT2D eigenvalue weighted by Gasteiger charge is -2.35. The highest BCUT2D eigenvalue weighted by Crippen LogP contribution is 2.31. The van der Waals surface area contributed by atoms with E-state index in [0.29, 0.717) is 6.42 Å². The van der Waals surface area contributed by atoms with E-state index in [-0.39, 0.29) is 36.4 Å². The lowest BCUT2D eigenvalue weighted by atomic mass is 9.97. The molecule has 0 bridgehead atoms. The molecule has 2 nitrogen and oxygen atoms in total. The van der Waals surface area contributed by atoms with Crippen molar-refractivity contribution in [3.05, 3.63) is 47.5 Å². The van der Waals surface area contributed by atoms with Crippen LogP contribution >= 0.6 is 24.8 Å². The van der Waals surface area contributed by atoms with Gasteiger partial charge in [-0.05, 0) is 25.5 Å². The largest absolute Gasteiger partial charge is 0.314 e. The molecule has 0 unspecified atom stereocenters. The van der Waals surface area contributed by atoms with Crippen LogP contribution in [0.2, 0.25) is 0 Å². The Balaban J connectivity index is 0.00000200. The van der Waals surface area contributed by atoms with Crippen molar-refractivity contribution >= 4 is 24.8 Å². The number of hydrogen-bond donors (Lipinski definition) is 1. The van der Waals surface area contributed by atoms with Gasteiger partial charge in [0.25, 0.3) is 0 Å². The van der Waals surface area contributed by atoms with Gasteiger partial charge in [0.15, 0.2) is 0 Å². The summed E-state index contributed by atoms with van der Waals surface area (Å²) in [6.45, 7) is 9.08. The molecule has 1 aliphatic heterocycles. The minimum absolute atomic E-state index is 0. The molecular weight excluding hydrogens is 317 g/mol. The van der Waals surface area contributed by atoms with Gasteiger partial charge < -0.3 is 5.32 Å². The summed E-state index contributed by atoms with van der Waals surface area (Å²) in [6, 6.07) is 3.79. The first-order valence-corrected chi connectivity index (χ1v) is 6.62. The van der Waals surface area contributed by atoms with E-state index in [1.54, 1.807) is 0 Å². The lowest BCUT2D eigenvalue weighted by Crippen LogP contribution is -2.45. The van der Waals surface area contributed by atoms with Gasteiger partial charge >= 0.3 is 0 Å². The fraction of sp³-hybridized carbons (Fsp3) is 0.467. The molecule has 0 aromatic heterocycles. The van der Waals surface area contributed by atoms with E-state index < -0.39 is 11.6 Å². The molecule has 21 heavy (non-hydrogen) atoms. The molecule has 0 spiro atoms. The number of nitrogens with one attached hydrogen (secondary N) is 1. The number of piperazine rings is 1. The molecule has 0 saturated carbocycles. The average molecular weight is 339 g/mol.